The molecule has 0 unspecified atom stereocenters. The zero-order chi connectivity index (χ0) is 33.2. The van der Waals surface area contributed by atoms with Gasteiger partial charge in [-0.05, 0) is 65.4 Å². The van der Waals surface area contributed by atoms with Gasteiger partial charge in [-0.1, -0.05) is 103 Å². The first-order valence-corrected chi connectivity index (χ1v) is 16.6. The molecule has 0 saturated carbocycles. The number of nitriles is 1. The van der Waals surface area contributed by atoms with Gasteiger partial charge in [0.1, 0.15) is 22.8 Å². The van der Waals surface area contributed by atoms with Crippen LogP contribution in [0.1, 0.15) is 5.56 Å². The lowest BCUT2D eigenvalue weighted by Crippen LogP contribution is -2.01. The van der Waals surface area contributed by atoms with Crippen molar-refractivity contribution < 1.29 is 4.42 Å². The van der Waals surface area contributed by atoms with E-state index in [1.165, 1.54) is 5.39 Å². The predicted octanol–water partition coefficient (Wildman–Crippen LogP) is 11.5. The van der Waals surface area contributed by atoms with Crippen molar-refractivity contribution in [2.24, 2.45) is 0 Å². The van der Waals surface area contributed by atoms with Crippen LogP contribution in [-0.4, -0.2) is 14.5 Å². The van der Waals surface area contributed by atoms with Gasteiger partial charge in [0.05, 0.1) is 27.8 Å². The fraction of sp³-hybridized carbons (Fsp3) is 0. The maximum atomic E-state index is 10.8. The number of aromatic nitrogens is 3. The van der Waals surface area contributed by atoms with Crippen LogP contribution in [0.2, 0.25) is 0 Å². The second-order valence-corrected chi connectivity index (χ2v) is 12.5. The highest BCUT2D eigenvalue weighted by molar-refractivity contribution is 6.24. The Kier molecular flexibility index (Phi) is 6.17. The molecule has 0 aliphatic heterocycles. The van der Waals surface area contributed by atoms with Gasteiger partial charge >= 0.3 is 0 Å². The summed E-state index contributed by atoms with van der Waals surface area (Å²) >= 11 is 0. The Balaban J connectivity index is 1.28. The summed E-state index contributed by atoms with van der Waals surface area (Å²) in [6.45, 7) is 0. The summed E-state index contributed by atoms with van der Waals surface area (Å²) in [7, 11) is 0. The molecule has 5 nitrogen and oxygen atoms in total. The Hall–Kier alpha value is -7.03. The summed E-state index contributed by atoms with van der Waals surface area (Å²) in [6, 6.07) is 56.2. The number of rotatable bonds is 4. The molecular weight excluding hydrogens is 613 g/mol. The van der Waals surface area contributed by atoms with Crippen molar-refractivity contribution in [3.05, 3.63) is 163 Å². The van der Waals surface area contributed by atoms with Crippen molar-refractivity contribution in [2.75, 3.05) is 0 Å². The lowest BCUT2D eigenvalue weighted by molar-refractivity contribution is 0.669. The zero-order valence-corrected chi connectivity index (χ0v) is 26.7. The van der Waals surface area contributed by atoms with Crippen molar-refractivity contribution in [1.29, 1.82) is 5.26 Å². The molecule has 0 fully saturated rings. The van der Waals surface area contributed by atoms with Crippen LogP contribution in [0.5, 0.6) is 0 Å². The number of para-hydroxylation sites is 2. The quantitative estimate of drug-likeness (QED) is 0.192. The van der Waals surface area contributed by atoms with Gasteiger partial charge in [-0.2, -0.15) is 5.26 Å². The van der Waals surface area contributed by atoms with Crippen LogP contribution < -0.4 is 0 Å². The van der Waals surface area contributed by atoms with E-state index in [-0.39, 0.29) is 0 Å². The minimum absolute atomic E-state index is 0.427. The van der Waals surface area contributed by atoms with Gasteiger partial charge < -0.3 is 8.98 Å². The fourth-order valence-electron chi connectivity index (χ4n) is 7.35. The molecule has 0 radical (unpaired) electrons. The van der Waals surface area contributed by atoms with Crippen LogP contribution in [0.3, 0.4) is 0 Å². The smallest absolute Gasteiger partial charge is 0.160 e. The molecule has 7 aromatic carbocycles. The maximum absolute atomic E-state index is 10.8. The van der Waals surface area contributed by atoms with E-state index >= 15 is 0 Å². The van der Waals surface area contributed by atoms with Gasteiger partial charge in [-0.25, -0.2) is 9.97 Å². The van der Waals surface area contributed by atoms with Crippen LogP contribution in [0.4, 0.5) is 0 Å². The number of hydrogen-bond donors (Lipinski definition) is 0. The van der Waals surface area contributed by atoms with Crippen molar-refractivity contribution >= 4 is 54.5 Å². The second kappa shape index (κ2) is 11.0. The molecule has 0 amide bonds. The lowest BCUT2D eigenvalue weighted by atomic mass is 9.97. The first-order valence-electron chi connectivity index (χ1n) is 16.6. The molecule has 0 aliphatic carbocycles. The number of hydrogen-bond acceptors (Lipinski definition) is 4. The molecule has 3 heterocycles. The Labute approximate surface area is 286 Å². The highest BCUT2D eigenvalue weighted by atomic mass is 16.3. The highest BCUT2D eigenvalue weighted by Gasteiger charge is 2.22. The molecule has 0 atom stereocenters. The summed E-state index contributed by atoms with van der Waals surface area (Å²) in [6.07, 6.45) is 0. The second-order valence-electron chi connectivity index (χ2n) is 12.5. The van der Waals surface area contributed by atoms with E-state index in [1.807, 2.05) is 66.7 Å². The third-order valence-corrected chi connectivity index (χ3v) is 9.63. The highest BCUT2D eigenvalue weighted by Crippen LogP contribution is 2.42. The topological polar surface area (TPSA) is 67.6 Å². The average molecular weight is 639 g/mol. The molecule has 10 rings (SSSR count). The van der Waals surface area contributed by atoms with Crippen molar-refractivity contribution in [3.8, 4) is 45.7 Å². The largest absolute Gasteiger partial charge is 0.456 e. The van der Waals surface area contributed by atoms with Gasteiger partial charge in [-0.3, -0.25) is 0 Å². The summed E-state index contributed by atoms with van der Waals surface area (Å²) < 4.78 is 8.84. The Bertz CT molecular complexity index is 2990. The predicted molar refractivity (Wildman–Crippen MR) is 202 cm³/mol. The standard InChI is InChI=1S/C45H26N4O/c46-27-37-42(31-20-19-28-11-7-8-14-30(28)25-31)47-45(29-12-3-1-4-13-29)48-43(37)32-21-23-39-36(26-32)41-40(50-39)24-22-35-34-17-9-10-18-38(34)49(44(35)41)33-15-5-2-6-16-33/h1-26H. The van der Waals surface area contributed by atoms with Crippen LogP contribution in [0, 0.1) is 11.3 Å². The van der Waals surface area contributed by atoms with Crippen LogP contribution >= 0.6 is 0 Å². The van der Waals surface area contributed by atoms with Crippen LogP contribution in [-0.2, 0) is 0 Å². The molecule has 50 heavy (non-hydrogen) atoms. The van der Waals surface area contributed by atoms with E-state index in [2.05, 4.69) is 102 Å². The van der Waals surface area contributed by atoms with Gasteiger partial charge in [0, 0.05) is 38.5 Å². The third-order valence-electron chi connectivity index (χ3n) is 9.63. The van der Waals surface area contributed by atoms with E-state index in [4.69, 9.17) is 14.4 Å². The zero-order valence-electron chi connectivity index (χ0n) is 26.7. The maximum Gasteiger partial charge on any atom is 0.160 e. The number of furan rings is 1. The van der Waals surface area contributed by atoms with E-state index in [0.29, 0.717) is 22.8 Å². The molecule has 232 valence electrons. The average Bonchev–Trinajstić information content (AvgIpc) is 3.73. The molecule has 0 saturated heterocycles. The van der Waals surface area contributed by atoms with Gasteiger partial charge in [0.15, 0.2) is 5.82 Å². The van der Waals surface area contributed by atoms with Gasteiger partial charge in [-0.15, -0.1) is 0 Å². The van der Waals surface area contributed by atoms with Gasteiger partial charge in [0.25, 0.3) is 0 Å². The molecule has 3 aromatic heterocycles. The Morgan fingerprint density at radius 2 is 1.18 bits per heavy atom. The molecule has 5 heteroatoms. The summed E-state index contributed by atoms with van der Waals surface area (Å²) in [5.41, 5.74) is 9.02. The number of benzene rings is 7. The Morgan fingerprint density at radius 1 is 0.520 bits per heavy atom. The lowest BCUT2D eigenvalue weighted by Gasteiger charge is -2.13. The molecule has 0 N–H and O–H groups in total. The van der Waals surface area contributed by atoms with Crippen molar-refractivity contribution in [2.45, 2.75) is 0 Å². The van der Waals surface area contributed by atoms with E-state index < -0.39 is 0 Å². The molecular formula is C45H26N4O. The van der Waals surface area contributed by atoms with Gasteiger partial charge in [0.2, 0.25) is 0 Å². The third kappa shape index (κ3) is 4.26. The summed E-state index contributed by atoms with van der Waals surface area (Å²) in [5, 5.41) is 17.3. The fourth-order valence-corrected chi connectivity index (χ4v) is 7.35. The molecule has 0 spiro atoms. The summed E-state index contributed by atoms with van der Waals surface area (Å²) in [4.78, 5) is 10.1. The van der Waals surface area contributed by atoms with E-state index in [1.54, 1.807) is 0 Å². The normalized spacial score (nSPS) is 11.6. The van der Waals surface area contributed by atoms with Crippen molar-refractivity contribution in [1.82, 2.24) is 14.5 Å². The molecule has 10 aromatic rings. The minimum atomic E-state index is 0.427. The minimum Gasteiger partial charge on any atom is -0.456 e. The summed E-state index contributed by atoms with van der Waals surface area (Å²) in [5.74, 6) is 0.562. The van der Waals surface area contributed by atoms with E-state index in [0.717, 1.165) is 71.5 Å². The first-order chi connectivity index (χ1) is 24.7. The molecule has 0 aliphatic rings. The Morgan fingerprint density at radius 3 is 1.98 bits per heavy atom. The number of nitrogens with zero attached hydrogens (tertiary/aromatic N) is 4. The first kappa shape index (κ1) is 28.0. The van der Waals surface area contributed by atoms with E-state index in [9.17, 15) is 5.26 Å². The number of fused-ring (bicyclic) bond motifs is 8. The van der Waals surface area contributed by atoms with Crippen molar-refractivity contribution in [3.63, 3.8) is 0 Å². The van der Waals surface area contributed by atoms with Crippen LogP contribution in [0.25, 0.3) is 94.1 Å². The SMILES string of the molecule is N#Cc1c(-c2ccc3ccccc3c2)nc(-c2ccccc2)nc1-c1ccc2oc3ccc4c5ccccc5n(-c5ccccc5)c4c3c2c1. The molecule has 0 bridgehead atoms. The monoisotopic (exact) mass is 638 g/mol. The van der Waals surface area contributed by atoms with Crippen LogP contribution in [0.15, 0.2) is 162 Å².